The standard InChI is InChI=1S/C19H16ClN3O3/c1-2-10-25-16-5-3-4-14(11-16)19(24)21-12-17-22-18(23-26-17)13-6-8-15(20)9-7-13/h2-9,11H,1,10,12H2,(H,21,24). The number of aromatic nitrogens is 2. The predicted octanol–water partition coefficient (Wildman–Crippen LogP) is 3.88. The van der Waals surface area contributed by atoms with Gasteiger partial charge >= 0.3 is 0 Å². The number of rotatable bonds is 7. The lowest BCUT2D eigenvalue weighted by molar-refractivity contribution is 0.0946. The maximum Gasteiger partial charge on any atom is 0.251 e. The molecule has 0 aliphatic rings. The maximum absolute atomic E-state index is 12.3. The van der Waals surface area contributed by atoms with Crippen molar-refractivity contribution in [1.29, 1.82) is 0 Å². The normalized spacial score (nSPS) is 10.3. The van der Waals surface area contributed by atoms with Gasteiger partial charge in [-0.3, -0.25) is 4.79 Å². The van der Waals surface area contributed by atoms with Crippen LogP contribution in [0.5, 0.6) is 5.75 Å². The summed E-state index contributed by atoms with van der Waals surface area (Å²) in [5, 5.41) is 7.27. The number of amides is 1. The summed E-state index contributed by atoms with van der Waals surface area (Å²) in [5.74, 6) is 1.08. The Morgan fingerprint density at radius 3 is 2.85 bits per heavy atom. The van der Waals surface area contributed by atoms with E-state index < -0.39 is 0 Å². The summed E-state index contributed by atoms with van der Waals surface area (Å²) in [4.78, 5) is 16.5. The van der Waals surface area contributed by atoms with Gasteiger partial charge in [-0.25, -0.2) is 0 Å². The first-order valence-corrected chi connectivity index (χ1v) is 8.24. The molecule has 0 bridgehead atoms. The number of ether oxygens (including phenoxy) is 1. The molecule has 0 unspecified atom stereocenters. The molecule has 0 fully saturated rings. The highest BCUT2D eigenvalue weighted by atomic mass is 35.5. The topological polar surface area (TPSA) is 77.2 Å². The zero-order chi connectivity index (χ0) is 18.4. The number of nitrogens with zero attached hydrogens (tertiary/aromatic N) is 2. The van der Waals surface area contributed by atoms with Crippen LogP contribution in [0.2, 0.25) is 5.02 Å². The SMILES string of the molecule is C=CCOc1cccc(C(=O)NCc2nc(-c3ccc(Cl)cc3)no2)c1. The third kappa shape index (κ3) is 4.49. The molecule has 6 nitrogen and oxygen atoms in total. The molecule has 0 aliphatic heterocycles. The van der Waals surface area contributed by atoms with E-state index in [0.717, 1.165) is 5.56 Å². The van der Waals surface area contributed by atoms with Crippen molar-refractivity contribution in [3.63, 3.8) is 0 Å². The van der Waals surface area contributed by atoms with Crippen molar-refractivity contribution in [1.82, 2.24) is 15.5 Å². The van der Waals surface area contributed by atoms with E-state index in [4.69, 9.17) is 20.9 Å². The summed E-state index contributed by atoms with van der Waals surface area (Å²) in [6, 6.07) is 14.0. The minimum atomic E-state index is -0.264. The lowest BCUT2D eigenvalue weighted by Crippen LogP contribution is -2.22. The molecule has 1 N–H and O–H groups in total. The van der Waals surface area contributed by atoms with Crippen LogP contribution in [-0.2, 0) is 6.54 Å². The Bertz CT molecular complexity index is 906. The number of nitrogens with one attached hydrogen (secondary N) is 1. The van der Waals surface area contributed by atoms with Crippen molar-refractivity contribution in [2.24, 2.45) is 0 Å². The van der Waals surface area contributed by atoms with Crippen molar-refractivity contribution in [2.45, 2.75) is 6.54 Å². The van der Waals surface area contributed by atoms with Crippen molar-refractivity contribution < 1.29 is 14.1 Å². The van der Waals surface area contributed by atoms with Crippen molar-refractivity contribution in [3.8, 4) is 17.1 Å². The van der Waals surface area contributed by atoms with E-state index in [0.29, 0.717) is 34.7 Å². The van der Waals surface area contributed by atoms with Crippen LogP contribution in [-0.4, -0.2) is 22.7 Å². The van der Waals surface area contributed by atoms with Gasteiger partial charge in [-0.15, -0.1) is 0 Å². The third-order valence-electron chi connectivity index (χ3n) is 3.43. The zero-order valence-electron chi connectivity index (χ0n) is 13.8. The molecule has 1 heterocycles. The largest absolute Gasteiger partial charge is 0.490 e. The second-order valence-corrected chi connectivity index (χ2v) is 5.77. The summed E-state index contributed by atoms with van der Waals surface area (Å²) >= 11 is 5.86. The summed E-state index contributed by atoms with van der Waals surface area (Å²) in [6.07, 6.45) is 1.64. The number of carbonyl (C=O) groups is 1. The Morgan fingerprint density at radius 2 is 2.08 bits per heavy atom. The van der Waals surface area contributed by atoms with Gasteiger partial charge in [0.05, 0.1) is 6.54 Å². The third-order valence-corrected chi connectivity index (χ3v) is 3.69. The summed E-state index contributed by atoms with van der Waals surface area (Å²) in [5.41, 5.74) is 1.26. The van der Waals surface area contributed by atoms with Gasteiger partial charge < -0.3 is 14.6 Å². The molecule has 0 radical (unpaired) electrons. The van der Waals surface area contributed by atoms with Gasteiger partial charge in [0.15, 0.2) is 0 Å². The van der Waals surface area contributed by atoms with E-state index in [9.17, 15) is 4.79 Å². The molecule has 3 rings (SSSR count). The molecule has 2 aromatic carbocycles. The highest BCUT2D eigenvalue weighted by molar-refractivity contribution is 6.30. The Labute approximate surface area is 155 Å². The molecular formula is C19H16ClN3O3. The minimum Gasteiger partial charge on any atom is -0.490 e. The molecule has 3 aromatic rings. The molecule has 7 heteroatoms. The molecule has 26 heavy (non-hydrogen) atoms. The summed E-state index contributed by atoms with van der Waals surface area (Å²) in [7, 11) is 0. The van der Waals surface area contributed by atoms with Crippen LogP contribution < -0.4 is 10.1 Å². The fraction of sp³-hybridized carbons (Fsp3) is 0.105. The smallest absolute Gasteiger partial charge is 0.251 e. The van der Waals surface area contributed by atoms with Gasteiger partial charge in [0.2, 0.25) is 11.7 Å². The quantitative estimate of drug-likeness (QED) is 0.639. The summed E-state index contributed by atoms with van der Waals surface area (Å²) < 4.78 is 10.6. The molecule has 1 amide bonds. The van der Waals surface area contributed by atoms with Crippen LogP contribution in [0.25, 0.3) is 11.4 Å². The van der Waals surface area contributed by atoms with Crippen LogP contribution in [0.1, 0.15) is 16.2 Å². The van der Waals surface area contributed by atoms with Crippen molar-refractivity contribution in [3.05, 3.63) is 77.7 Å². The predicted molar refractivity (Wildman–Crippen MR) is 98.0 cm³/mol. The fourth-order valence-electron chi connectivity index (χ4n) is 2.18. The Balaban J connectivity index is 1.61. The van der Waals surface area contributed by atoms with E-state index in [1.165, 1.54) is 0 Å². The Morgan fingerprint density at radius 1 is 1.27 bits per heavy atom. The Hall–Kier alpha value is -3.12. The second kappa shape index (κ2) is 8.31. The number of carbonyl (C=O) groups excluding carboxylic acids is 1. The number of halogens is 1. The minimum absolute atomic E-state index is 0.122. The molecule has 132 valence electrons. The van der Waals surface area contributed by atoms with Crippen LogP contribution in [0.4, 0.5) is 0 Å². The van der Waals surface area contributed by atoms with E-state index in [1.807, 2.05) is 0 Å². The van der Waals surface area contributed by atoms with Crippen LogP contribution >= 0.6 is 11.6 Å². The van der Waals surface area contributed by atoms with Gasteiger partial charge in [0, 0.05) is 16.1 Å². The molecule has 0 saturated heterocycles. The number of hydrogen-bond acceptors (Lipinski definition) is 5. The monoisotopic (exact) mass is 369 g/mol. The first-order chi connectivity index (χ1) is 12.7. The lowest BCUT2D eigenvalue weighted by Gasteiger charge is -2.06. The van der Waals surface area contributed by atoms with Gasteiger partial charge in [-0.1, -0.05) is 35.5 Å². The van der Waals surface area contributed by atoms with Gasteiger partial charge in [0.25, 0.3) is 5.91 Å². The molecule has 1 aromatic heterocycles. The van der Waals surface area contributed by atoms with E-state index in [1.54, 1.807) is 54.6 Å². The van der Waals surface area contributed by atoms with E-state index in [-0.39, 0.29) is 12.5 Å². The van der Waals surface area contributed by atoms with Crippen LogP contribution in [0.3, 0.4) is 0 Å². The molecule has 0 atom stereocenters. The second-order valence-electron chi connectivity index (χ2n) is 5.33. The fourth-order valence-corrected chi connectivity index (χ4v) is 2.31. The zero-order valence-corrected chi connectivity index (χ0v) is 14.6. The lowest BCUT2D eigenvalue weighted by atomic mass is 10.2. The molecule has 0 spiro atoms. The molecular weight excluding hydrogens is 354 g/mol. The van der Waals surface area contributed by atoms with Gasteiger partial charge in [0.1, 0.15) is 12.4 Å². The average molecular weight is 370 g/mol. The van der Waals surface area contributed by atoms with Gasteiger partial charge in [-0.05, 0) is 42.5 Å². The first-order valence-electron chi connectivity index (χ1n) is 7.86. The highest BCUT2D eigenvalue weighted by Crippen LogP contribution is 2.18. The molecule has 0 saturated carbocycles. The molecule has 0 aliphatic carbocycles. The highest BCUT2D eigenvalue weighted by Gasteiger charge is 2.11. The maximum atomic E-state index is 12.3. The first kappa shape index (κ1) is 17.7. The van der Waals surface area contributed by atoms with Crippen LogP contribution in [0, 0.1) is 0 Å². The average Bonchev–Trinajstić information content (AvgIpc) is 3.14. The van der Waals surface area contributed by atoms with E-state index in [2.05, 4.69) is 22.0 Å². The number of hydrogen-bond donors (Lipinski definition) is 1. The summed E-state index contributed by atoms with van der Waals surface area (Å²) in [6.45, 7) is 4.09. The van der Waals surface area contributed by atoms with E-state index >= 15 is 0 Å². The Kier molecular flexibility index (Phi) is 5.66. The van der Waals surface area contributed by atoms with Crippen LogP contribution in [0.15, 0.2) is 65.7 Å². The number of benzene rings is 2. The van der Waals surface area contributed by atoms with Gasteiger partial charge in [-0.2, -0.15) is 4.98 Å². The van der Waals surface area contributed by atoms with Crippen molar-refractivity contribution >= 4 is 17.5 Å². The van der Waals surface area contributed by atoms with Crippen molar-refractivity contribution in [2.75, 3.05) is 6.61 Å².